The lowest BCUT2D eigenvalue weighted by Gasteiger charge is -2.04. The second-order valence-corrected chi connectivity index (χ2v) is 4.61. The molecule has 3 aromatic heterocycles. The van der Waals surface area contributed by atoms with Crippen molar-refractivity contribution in [1.82, 2.24) is 19.7 Å². The number of nitrogens with zero attached hydrogens (tertiary/aromatic N) is 3. The third-order valence-corrected chi connectivity index (χ3v) is 3.44. The van der Waals surface area contributed by atoms with Crippen LogP contribution in [-0.2, 0) is 0 Å². The zero-order chi connectivity index (χ0) is 13.6. The van der Waals surface area contributed by atoms with Crippen molar-refractivity contribution in [3.05, 3.63) is 51.6 Å². The molecule has 1 N–H and O–H groups in total. The highest BCUT2D eigenvalue weighted by Crippen LogP contribution is 2.22. The zero-order valence-corrected chi connectivity index (χ0v) is 11.1. The predicted molar refractivity (Wildman–Crippen MR) is 73.7 cm³/mol. The molecule has 0 atom stereocenters. The van der Waals surface area contributed by atoms with Crippen LogP contribution in [0.5, 0.6) is 0 Å². The van der Waals surface area contributed by atoms with Crippen molar-refractivity contribution < 1.29 is 0 Å². The second-order valence-electron chi connectivity index (χ2n) is 4.61. The monoisotopic (exact) mass is 254 g/mol. The molecule has 0 unspecified atom stereocenters. The Morgan fingerprint density at radius 2 is 1.95 bits per heavy atom. The number of aromatic amines is 1. The van der Waals surface area contributed by atoms with E-state index < -0.39 is 0 Å². The van der Waals surface area contributed by atoms with Gasteiger partial charge in [-0.3, -0.25) is 4.79 Å². The van der Waals surface area contributed by atoms with Crippen LogP contribution in [0, 0.1) is 20.8 Å². The molecule has 3 heterocycles. The zero-order valence-electron chi connectivity index (χ0n) is 11.1. The molecule has 5 nitrogen and oxygen atoms in total. The van der Waals surface area contributed by atoms with Gasteiger partial charge >= 0.3 is 0 Å². The highest BCUT2D eigenvalue weighted by atomic mass is 16.1. The summed E-state index contributed by atoms with van der Waals surface area (Å²) in [5.74, 6) is 0.694. The summed E-state index contributed by atoms with van der Waals surface area (Å²) < 4.78 is 1.68. The van der Waals surface area contributed by atoms with E-state index in [1.165, 1.54) is 0 Å². The molecule has 0 amide bonds. The van der Waals surface area contributed by atoms with E-state index in [9.17, 15) is 4.79 Å². The molecule has 0 saturated heterocycles. The van der Waals surface area contributed by atoms with Crippen LogP contribution in [0.1, 0.15) is 16.8 Å². The number of hydrogen-bond donors (Lipinski definition) is 1. The minimum atomic E-state index is -0.0814. The van der Waals surface area contributed by atoms with E-state index in [0.29, 0.717) is 11.5 Å². The number of hydrogen-bond acceptors (Lipinski definition) is 3. The Hall–Kier alpha value is -2.43. The average Bonchev–Trinajstić information content (AvgIpc) is 2.74. The van der Waals surface area contributed by atoms with Crippen molar-refractivity contribution >= 4 is 11.0 Å². The first-order chi connectivity index (χ1) is 9.09. The van der Waals surface area contributed by atoms with Crippen LogP contribution in [0.15, 0.2) is 29.2 Å². The summed E-state index contributed by atoms with van der Waals surface area (Å²) in [6.07, 6.45) is 1.71. The summed E-state index contributed by atoms with van der Waals surface area (Å²) in [7, 11) is 0. The van der Waals surface area contributed by atoms with Crippen molar-refractivity contribution in [1.29, 1.82) is 0 Å². The van der Waals surface area contributed by atoms with Gasteiger partial charge in [-0.1, -0.05) is 6.07 Å². The van der Waals surface area contributed by atoms with E-state index in [1.54, 1.807) is 10.9 Å². The maximum atomic E-state index is 11.9. The number of aryl methyl sites for hydroxylation is 2. The molecule has 3 rings (SSSR count). The third-order valence-electron chi connectivity index (χ3n) is 3.44. The fourth-order valence-electron chi connectivity index (χ4n) is 2.30. The Morgan fingerprint density at radius 1 is 1.16 bits per heavy atom. The van der Waals surface area contributed by atoms with Crippen LogP contribution in [0.25, 0.3) is 16.9 Å². The fourth-order valence-corrected chi connectivity index (χ4v) is 2.30. The molecule has 0 radical (unpaired) electrons. The number of pyridine rings is 2. The van der Waals surface area contributed by atoms with E-state index >= 15 is 0 Å². The number of fused-ring (bicyclic) bond motifs is 1. The van der Waals surface area contributed by atoms with E-state index in [0.717, 1.165) is 22.2 Å². The largest absolute Gasteiger partial charge is 0.306 e. The Kier molecular flexibility index (Phi) is 2.48. The molecule has 0 fully saturated rings. The summed E-state index contributed by atoms with van der Waals surface area (Å²) in [5.41, 5.74) is 3.21. The van der Waals surface area contributed by atoms with Crippen LogP contribution < -0.4 is 5.56 Å². The van der Waals surface area contributed by atoms with Gasteiger partial charge in [0.1, 0.15) is 5.65 Å². The van der Waals surface area contributed by atoms with Gasteiger partial charge in [-0.05, 0) is 38.5 Å². The molecule has 0 saturated carbocycles. The molecule has 96 valence electrons. The highest BCUT2D eigenvalue weighted by Gasteiger charge is 2.15. The maximum Gasteiger partial charge on any atom is 0.252 e. The minimum Gasteiger partial charge on any atom is -0.306 e. The van der Waals surface area contributed by atoms with Crippen molar-refractivity contribution in [3.63, 3.8) is 0 Å². The van der Waals surface area contributed by atoms with Crippen LogP contribution in [0.3, 0.4) is 0 Å². The first kappa shape index (κ1) is 11.6. The normalized spacial score (nSPS) is 11.1. The van der Waals surface area contributed by atoms with Crippen LogP contribution in [0.4, 0.5) is 0 Å². The lowest BCUT2D eigenvalue weighted by atomic mass is 10.1. The first-order valence-corrected chi connectivity index (χ1v) is 6.10. The van der Waals surface area contributed by atoms with Crippen molar-refractivity contribution in [2.24, 2.45) is 0 Å². The third kappa shape index (κ3) is 1.66. The summed E-state index contributed by atoms with van der Waals surface area (Å²) in [6.45, 7) is 5.71. The molecular weight excluding hydrogens is 240 g/mol. The van der Waals surface area contributed by atoms with Gasteiger partial charge in [0, 0.05) is 17.1 Å². The topological polar surface area (TPSA) is 63.6 Å². The number of aromatic nitrogens is 4. The summed E-state index contributed by atoms with van der Waals surface area (Å²) >= 11 is 0. The summed E-state index contributed by atoms with van der Waals surface area (Å²) in [6, 6.07) is 5.60. The number of H-pyrrole nitrogens is 1. The van der Waals surface area contributed by atoms with Gasteiger partial charge in [0.05, 0.1) is 5.69 Å². The minimum absolute atomic E-state index is 0.0814. The molecule has 0 spiro atoms. The lowest BCUT2D eigenvalue weighted by Crippen LogP contribution is -2.13. The lowest BCUT2D eigenvalue weighted by molar-refractivity contribution is 0.845. The molecule has 0 aliphatic carbocycles. The molecule has 0 bridgehead atoms. The SMILES string of the molecule is Cc1c(C)c2c(C)nn(-c3ccccn3)c2[nH]c1=O. The van der Waals surface area contributed by atoms with Gasteiger partial charge < -0.3 is 4.98 Å². The first-order valence-electron chi connectivity index (χ1n) is 6.10. The van der Waals surface area contributed by atoms with Gasteiger partial charge in [0.15, 0.2) is 5.82 Å². The smallest absolute Gasteiger partial charge is 0.252 e. The quantitative estimate of drug-likeness (QED) is 0.722. The summed E-state index contributed by atoms with van der Waals surface area (Å²) in [4.78, 5) is 19.1. The molecule has 0 aliphatic rings. The Balaban J connectivity index is 2.44. The molecule has 3 aromatic rings. The van der Waals surface area contributed by atoms with Gasteiger partial charge in [-0.25, -0.2) is 4.98 Å². The standard InChI is InChI=1S/C14H14N4O/c1-8-9(2)14(19)16-13-12(8)10(3)17-18(13)11-6-4-5-7-15-11/h4-7H,1-3H3,(H,16,19). The molecule has 0 aliphatic heterocycles. The van der Waals surface area contributed by atoms with E-state index in [1.807, 2.05) is 39.0 Å². The van der Waals surface area contributed by atoms with E-state index in [-0.39, 0.29) is 5.56 Å². The highest BCUT2D eigenvalue weighted by molar-refractivity contribution is 5.83. The van der Waals surface area contributed by atoms with Gasteiger partial charge in [0.2, 0.25) is 0 Å². The number of rotatable bonds is 1. The maximum absolute atomic E-state index is 11.9. The average molecular weight is 254 g/mol. The van der Waals surface area contributed by atoms with E-state index in [2.05, 4.69) is 15.1 Å². The van der Waals surface area contributed by atoms with Gasteiger partial charge in [0.25, 0.3) is 5.56 Å². The van der Waals surface area contributed by atoms with E-state index in [4.69, 9.17) is 0 Å². The van der Waals surface area contributed by atoms with Gasteiger partial charge in [-0.15, -0.1) is 0 Å². The van der Waals surface area contributed by atoms with Crippen molar-refractivity contribution in [2.75, 3.05) is 0 Å². The molecule has 5 heteroatoms. The predicted octanol–water partition coefficient (Wildman–Crippen LogP) is 2.03. The second kappa shape index (κ2) is 4.05. The van der Waals surface area contributed by atoms with Crippen LogP contribution in [0.2, 0.25) is 0 Å². The fraction of sp³-hybridized carbons (Fsp3) is 0.214. The Bertz CT molecular complexity index is 815. The van der Waals surface area contributed by atoms with Crippen molar-refractivity contribution in [2.45, 2.75) is 20.8 Å². The summed E-state index contributed by atoms with van der Waals surface area (Å²) in [5, 5.41) is 5.48. The number of nitrogens with one attached hydrogen (secondary N) is 1. The van der Waals surface area contributed by atoms with Crippen LogP contribution in [-0.4, -0.2) is 19.7 Å². The van der Waals surface area contributed by atoms with Crippen LogP contribution >= 0.6 is 0 Å². The molecule has 19 heavy (non-hydrogen) atoms. The molecule has 0 aromatic carbocycles. The Labute approximate surface area is 109 Å². The molecular formula is C14H14N4O. The Morgan fingerprint density at radius 3 is 2.63 bits per heavy atom. The van der Waals surface area contributed by atoms with Gasteiger partial charge in [-0.2, -0.15) is 9.78 Å². The van der Waals surface area contributed by atoms with Crippen molar-refractivity contribution in [3.8, 4) is 5.82 Å².